The highest BCUT2D eigenvalue weighted by Crippen LogP contribution is 2.34. The molecule has 0 spiro atoms. The Morgan fingerprint density at radius 3 is 2.24 bits per heavy atom. The van der Waals surface area contributed by atoms with Crippen molar-refractivity contribution in [1.29, 1.82) is 5.26 Å². The highest BCUT2D eigenvalue weighted by atomic mass is 32.2. The van der Waals surface area contributed by atoms with Gasteiger partial charge in [-0.15, -0.1) is 0 Å². The van der Waals surface area contributed by atoms with Crippen molar-refractivity contribution < 1.29 is 4.79 Å². The van der Waals surface area contributed by atoms with Crippen LogP contribution in [0.25, 0.3) is 22.4 Å². The van der Waals surface area contributed by atoms with Crippen LogP contribution in [0.2, 0.25) is 0 Å². The maximum Gasteiger partial charge on any atom is 0.234 e. The molecule has 0 unspecified atom stereocenters. The van der Waals surface area contributed by atoms with Crippen molar-refractivity contribution in [1.82, 2.24) is 4.98 Å². The van der Waals surface area contributed by atoms with Crippen LogP contribution in [0.15, 0.2) is 96.0 Å². The number of aromatic nitrogens is 1. The number of hydrogen-bond acceptors (Lipinski definition) is 4. The molecular formula is C28H23N3OS. The Morgan fingerprint density at radius 2 is 1.58 bits per heavy atom. The molecule has 33 heavy (non-hydrogen) atoms. The van der Waals surface area contributed by atoms with E-state index in [0.29, 0.717) is 10.6 Å². The minimum Gasteiger partial charge on any atom is -0.325 e. The minimum atomic E-state index is -0.127. The van der Waals surface area contributed by atoms with Gasteiger partial charge in [-0.3, -0.25) is 4.79 Å². The Labute approximate surface area is 198 Å². The normalized spacial score (nSPS) is 10.4. The quantitative estimate of drug-likeness (QED) is 0.324. The van der Waals surface area contributed by atoms with Crippen molar-refractivity contribution in [3.63, 3.8) is 0 Å². The summed E-state index contributed by atoms with van der Waals surface area (Å²) in [6.45, 7) is 2.06. The zero-order chi connectivity index (χ0) is 23.0. The monoisotopic (exact) mass is 449 g/mol. The summed E-state index contributed by atoms with van der Waals surface area (Å²) >= 11 is 1.28. The number of nitrogens with zero attached hydrogens (tertiary/aromatic N) is 2. The summed E-state index contributed by atoms with van der Waals surface area (Å²) < 4.78 is 0. The second-order valence-corrected chi connectivity index (χ2v) is 8.39. The molecule has 1 amide bonds. The van der Waals surface area contributed by atoms with Crippen molar-refractivity contribution >= 4 is 23.4 Å². The number of amides is 1. The third kappa shape index (κ3) is 5.31. The van der Waals surface area contributed by atoms with Gasteiger partial charge >= 0.3 is 0 Å². The number of para-hydroxylation sites is 1. The van der Waals surface area contributed by atoms with E-state index in [4.69, 9.17) is 4.98 Å². The minimum absolute atomic E-state index is 0.127. The van der Waals surface area contributed by atoms with Gasteiger partial charge in [0.15, 0.2) is 0 Å². The first kappa shape index (κ1) is 22.3. The van der Waals surface area contributed by atoms with Crippen LogP contribution in [0, 0.1) is 11.3 Å². The maximum atomic E-state index is 12.7. The van der Waals surface area contributed by atoms with Gasteiger partial charge in [0.05, 0.1) is 17.0 Å². The summed E-state index contributed by atoms with van der Waals surface area (Å²) in [5.74, 6) is 0.0320. The zero-order valence-corrected chi connectivity index (χ0v) is 19.1. The Kier molecular flexibility index (Phi) is 7.19. The predicted molar refractivity (Wildman–Crippen MR) is 135 cm³/mol. The number of anilines is 1. The summed E-state index contributed by atoms with van der Waals surface area (Å²) in [6.07, 6.45) is 0.837. The molecule has 0 aliphatic rings. The summed E-state index contributed by atoms with van der Waals surface area (Å²) in [5.41, 5.74) is 5.87. The lowest BCUT2D eigenvalue weighted by Gasteiger charge is -2.13. The average molecular weight is 450 g/mol. The van der Waals surface area contributed by atoms with Gasteiger partial charge in [-0.1, -0.05) is 97.5 Å². The number of rotatable bonds is 7. The summed E-state index contributed by atoms with van der Waals surface area (Å²) in [5, 5.41) is 13.5. The van der Waals surface area contributed by atoms with Gasteiger partial charge in [0, 0.05) is 16.8 Å². The molecule has 0 bridgehead atoms. The molecule has 1 aromatic heterocycles. The number of thioether (sulfide) groups is 1. The van der Waals surface area contributed by atoms with Gasteiger partial charge in [-0.2, -0.15) is 5.26 Å². The molecule has 0 saturated carbocycles. The van der Waals surface area contributed by atoms with Gasteiger partial charge in [0.25, 0.3) is 0 Å². The summed E-state index contributed by atoms with van der Waals surface area (Å²) in [6, 6.07) is 31.7. The van der Waals surface area contributed by atoms with Crippen molar-refractivity contribution in [2.24, 2.45) is 0 Å². The molecule has 0 aliphatic heterocycles. The SMILES string of the molecule is CCc1ccccc1NC(=O)CSc1nc(-c2ccccc2)cc(-c2ccccc2)c1C#N. The number of nitriles is 1. The summed E-state index contributed by atoms with van der Waals surface area (Å²) in [4.78, 5) is 17.5. The highest BCUT2D eigenvalue weighted by molar-refractivity contribution is 8.00. The van der Waals surface area contributed by atoms with E-state index >= 15 is 0 Å². The molecular weight excluding hydrogens is 426 g/mol. The van der Waals surface area contributed by atoms with E-state index in [1.54, 1.807) is 0 Å². The second-order valence-electron chi connectivity index (χ2n) is 7.43. The highest BCUT2D eigenvalue weighted by Gasteiger charge is 2.17. The van der Waals surface area contributed by atoms with Gasteiger partial charge in [0.1, 0.15) is 11.1 Å². The van der Waals surface area contributed by atoms with Crippen LogP contribution in [0.4, 0.5) is 5.69 Å². The number of aryl methyl sites for hydroxylation is 1. The molecule has 0 saturated heterocycles. The molecule has 1 heterocycles. The van der Waals surface area contributed by atoms with Crippen LogP contribution in [-0.4, -0.2) is 16.6 Å². The largest absolute Gasteiger partial charge is 0.325 e. The molecule has 1 N–H and O–H groups in total. The number of nitrogens with one attached hydrogen (secondary N) is 1. The first-order chi connectivity index (χ1) is 16.2. The van der Waals surface area contributed by atoms with E-state index in [9.17, 15) is 10.1 Å². The van der Waals surface area contributed by atoms with Crippen LogP contribution in [0.5, 0.6) is 0 Å². The van der Waals surface area contributed by atoms with Crippen LogP contribution < -0.4 is 5.32 Å². The number of carbonyl (C=O) groups excluding carboxylic acids is 1. The standard InChI is InChI=1S/C28H23N3OS/c1-2-20-11-9-10-16-25(20)30-27(32)19-33-28-24(18-29)23(21-12-5-3-6-13-21)17-26(31-28)22-14-7-4-8-15-22/h3-17H,2,19H2,1H3,(H,30,32). The van der Waals surface area contributed by atoms with Crippen molar-refractivity contribution in [2.45, 2.75) is 18.4 Å². The lowest BCUT2D eigenvalue weighted by atomic mass is 9.99. The van der Waals surface area contributed by atoms with Crippen LogP contribution >= 0.6 is 11.8 Å². The number of benzene rings is 3. The molecule has 0 atom stereocenters. The maximum absolute atomic E-state index is 12.7. The van der Waals surface area contributed by atoms with Gasteiger partial charge < -0.3 is 5.32 Å². The molecule has 4 rings (SSSR count). The van der Waals surface area contributed by atoms with E-state index in [1.807, 2.05) is 91.0 Å². The Bertz CT molecular complexity index is 1300. The second kappa shape index (κ2) is 10.6. The fraction of sp³-hybridized carbons (Fsp3) is 0.107. The fourth-order valence-electron chi connectivity index (χ4n) is 3.61. The Morgan fingerprint density at radius 1 is 0.939 bits per heavy atom. The Hall–Kier alpha value is -3.88. The molecule has 0 fully saturated rings. The molecule has 4 nitrogen and oxygen atoms in total. The van der Waals surface area contributed by atoms with E-state index in [-0.39, 0.29) is 11.7 Å². The van der Waals surface area contributed by atoms with Crippen LogP contribution in [0.3, 0.4) is 0 Å². The lowest BCUT2D eigenvalue weighted by Crippen LogP contribution is -2.15. The van der Waals surface area contributed by atoms with Crippen LogP contribution in [-0.2, 0) is 11.2 Å². The van der Waals surface area contributed by atoms with Gasteiger partial charge in [-0.05, 0) is 29.7 Å². The van der Waals surface area contributed by atoms with E-state index in [2.05, 4.69) is 18.3 Å². The van der Waals surface area contributed by atoms with Crippen LogP contribution in [0.1, 0.15) is 18.1 Å². The topological polar surface area (TPSA) is 65.8 Å². The van der Waals surface area contributed by atoms with Crippen molar-refractivity contribution in [3.8, 4) is 28.5 Å². The van der Waals surface area contributed by atoms with Crippen molar-refractivity contribution in [2.75, 3.05) is 11.1 Å². The third-order valence-electron chi connectivity index (χ3n) is 5.26. The molecule has 3 aromatic carbocycles. The van der Waals surface area contributed by atoms with E-state index < -0.39 is 0 Å². The predicted octanol–water partition coefficient (Wildman–Crippen LogP) is 6.58. The first-order valence-corrected chi connectivity index (χ1v) is 11.7. The number of pyridine rings is 1. The molecule has 4 aromatic rings. The first-order valence-electron chi connectivity index (χ1n) is 10.8. The third-order valence-corrected chi connectivity index (χ3v) is 6.24. The van der Waals surface area contributed by atoms with Gasteiger partial charge in [-0.25, -0.2) is 4.98 Å². The average Bonchev–Trinajstić information content (AvgIpc) is 2.88. The van der Waals surface area contributed by atoms with Crippen molar-refractivity contribution in [3.05, 3.63) is 102 Å². The number of hydrogen-bond donors (Lipinski definition) is 1. The van der Waals surface area contributed by atoms with E-state index in [1.165, 1.54) is 11.8 Å². The molecule has 5 heteroatoms. The van der Waals surface area contributed by atoms with E-state index in [0.717, 1.165) is 40.1 Å². The molecule has 162 valence electrons. The smallest absolute Gasteiger partial charge is 0.234 e. The number of carbonyl (C=O) groups is 1. The Balaban J connectivity index is 1.66. The molecule has 0 aliphatic carbocycles. The zero-order valence-electron chi connectivity index (χ0n) is 18.3. The lowest BCUT2D eigenvalue weighted by molar-refractivity contribution is -0.113. The summed E-state index contributed by atoms with van der Waals surface area (Å²) in [7, 11) is 0. The molecule has 0 radical (unpaired) electrons. The fourth-order valence-corrected chi connectivity index (χ4v) is 4.41. The van der Waals surface area contributed by atoms with Gasteiger partial charge in [0.2, 0.25) is 5.91 Å².